The van der Waals surface area contributed by atoms with E-state index < -0.39 is 0 Å². The van der Waals surface area contributed by atoms with Crippen molar-refractivity contribution in [1.29, 1.82) is 0 Å². The summed E-state index contributed by atoms with van der Waals surface area (Å²) < 4.78 is 17.1. The maximum absolute atomic E-state index is 5.90. The molecule has 0 radical (unpaired) electrons. The molecule has 0 amide bonds. The highest BCUT2D eigenvalue weighted by atomic mass is 16.5. The summed E-state index contributed by atoms with van der Waals surface area (Å²) >= 11 is 0. The highest BCUT2D eigenvalue weighted by Crippen LogP contribution is 2.25. The number of para-hydroxylation sites is 3. The number of hydrogen-bond acceptors (Lipinski definition) is 4. The van der Waals surface area contributed by atoms with E-state index in [0.717, 1.165) is 28.5 Å². The molecule has 0 aliphatic rings. The Kier molecular flexibility index (Phi) is 6.99. The highest BCUT2D eigenvalue weighted by molar-refractivity contribution is 5.56. The lowest BCUT2D eigenvalue weighted by atomic mass is 10.2. The second kappa shape index (κ2) is 10.1. The fraction of sp³-hybridized carbons (Fsp3) is 0.217. The van der Waals surface area contributed by atoms with E-state index in [1.807, 2.05) is 79.7 Å². The Balaban J connectivity index is 1.52. The smallest absolute Gasteiger partial charge is 0.142 e. The van der Waals surface area contributed by atoms with Crippen molar-refractivity contribution in [2.24, 2.45) is 0 Å². The number of hydrogen-bond donors (Lipinski definition) is 1. The van der Waals surface area contributed by atoms with Gasteiger partial charge in [-0.05, 0) is 48.9 Å². The Hall–Kier alpha value is -3.14. The summed E-state index contributed by atoms with van der Waals surface area (Å²) in [7, 11) is 0. The van der Waals surface area contributed by atoms with Crippen LogP contribution in [0.1, 0.15) is 12.5 Å². The summed E-state index contributed by atoms with van der Waals surface area (Å²) in [5, 5.41) is 3.44. The maximum atomic E-state index is 5.90. The van der Waals surface area contributed by atoms with Crippen LogP contribution in [0.4, 0.5) is 5.69 Å². The van der Waals surface area contributed by atoms with Crippen LogP contribution in [0, 0.1) is 0 Å². The van der Waals surface area contributed by atoms with Gasteiger partial charge in [0.05, 0.1) is 12.3 Å². The van der Waals surface area contributed by atoms with Crippen LogP contribution in [-0.4, -0.2) is 19.8 Å². The Morgan fingerprint density at radius 2 is 1.44 bits per heavy atom. The molecule has 0 spiro atoms. The van der Waals surface area contributed by atoms with Gasteiger partial charge in [0.1, 0.15) is 30.5 Å². The molecule has 27 heavy (non-hydrogen) atoms. The third-order valence-electron chi connectivity index (χ3n) is 3.93. The van der Waals surface area contributed by atoms with E-state index in [-0.39, 0.29) is 0 Å². The first-order chi connectivity index (χ1) is 13.3. The molecule has 4 heteroatoms. The summed E-state index contributed by atoms with van der Waals surface area (Å²) in [5.74, 6) is 2.55. The number of rotatable bonds is 10. The normalized spacial score (nSPS) is 10.3. The van der Waals surface area contributed by atoms with Gasteiger partial charge < -0.3 is 19.5 Å². The topological polar surface area (TPSA) is 39.7 Å². The third kappa shape index (κ3) is 5.96. The second-order valence-corrected chi connectivity index (χ2v) is 5.94. The fourth-order valence-electron chi connectivity index (χ4n) is 2.68. The molecule has 0 fully saturated rings. The molecule has 3 aromatic carbocycles. The quantitative estimate of drug-likeness (QED) is 0.505. The van der Waals surface area contributed by atoms with Crippen LogP contribution < -0.4 is 19.5 Å². The van der Waals surface area contributed by atoms with Crippen LogP contribution >= 0.6 is 0 Å². The molecule has 0 unspecified atom stereocenters. The van der Waals surface area contributed by atoms with Crippen LogP contribution in [0.2, 0.25) is 0 Å². The van der Waals surface area contributed by atoms with E-state index in [1.54, 1.807) is 0 Å². The van der Waals surface area contributed by atoms with Crippen molar-refractivity contribution in [3.8, 4) is 17.2 Å². The van der Waals surface area contributed by atoms with E-state index in [4.69, 9.17) is 14.2 Å². The van der Waals surface area contributed by atoms with Gasteiger partial charge in [0.25, 0.3) is 0 Å². The molecule has 4 nitrogen and oxygen atoms in total. The van der Waals surface area contributed by atoms with Gasteiger partial charge in [-0.15, -0.1) is 0 Å². The van der Waals surface area contributed by atoms with Crippen LogP contribution in [0.25, 0.3) is 0 Å². The SMILES string of the molecule is CCOc1cccc(CNc2ccccc2OCCOc2ccccc2)c1. The lowest BCUT2D eigenvalue weighted by Gasteiger charge is -2.14. The largest absolute Gasteiger partial charge is 0.494 e. The Morgan fingerprint density at radius 3 is 2.30 bits per heavy atom. The zero-order chi connectivity index (χ0) is 18.7. The molecule has 0 saturated carbocycles. The molecule has 3 aromatic rings. The average molecular weight is 363 g/mol. The fourth-order valence-corrected chi connectivity index (χ4v) is 2.68. The van der Waals surface area contributed by atoms with E-state index >= 15 is 0 Å². The van der Waals surface area contributed by atoms with E-state index in [2.05, 4.69) is 11.4 Å². The summed E-state index contributed by atoms with van der Waals surface area (Å²) in [6.45, 7) is 4.32. The van der Waals surface area contributed by atoms with Gasteiger partial charge in [0, 0.05) is 6.54 Å². The van der Waals surface area contributed by atoms with Gasteiger partial charge in [0.2, 0.25) is 0 Å². The van der Waals surface area contributed by atoms with Gasteiger partial charge in [-0.2, -0.15) is 0 Å². The molecule has 0 saturated heterocycles. The van der Waals surface area contributed by atoms with Gasteiger partial charge in [0.15, 0.2) is 0 Å². The van der Waals surface area contributed by atoms with Gasteiger partial charge in [-0.3, -0.25) is 0 Å². The minimum Gasteiger partial charge on any atom is -0.494 e. The molecule has 140 valence electrons. The molecule has 3 rings (SSSR count). The standard InChI is InChI=1S/C23H25NO3/c1-2-25-21-12-8-9-19(17-21)18-24-22-13-6-7-14-23(22)27-16-15-26-20-10-4-3-5-11-20/h3-14,17,24H,2,15-16,18H2,1H3. The van der Waals surface area contributed by atoms with Crippen LogP contribution in [-0.2, 0) is 6.54 Å². The number of benzene rings is 3. The number of anilines is 1. The average Bonchev–Trinajstić information content (AvgIpc) is 2.72. The van der Waals surface area contributed by atoms with Crippen LogP contribution in [0.3, 0.4) is 0 Å². The summed E-state index contributed by atoms with van der Waals surface area (Å²) in [5.41, 5.74) is 2.11. The number of ether oxygens (including phenoxy) is 3. The first-order valence-electron chi connectivity index (χ1n) is 9.20. The number of nitrogens with one attached hydrogen (secondary N) is 1. The molecule has 0 aromatic heterocycles. The Morgan fingerprint density at radius 1 is 0.704 bits per heavy atom. The summed E-state index contributed by atoms with van der Waals surface area (Å²) in [6.07, 6.45) is 0. The molecule has 0 aliphatic carbocycles. The van der Waals surface area contributed by atoms with E-state index in [1.165, 1.54) is 0 Å². The molecular weight excluding hydrogens is 338 g/mol. The predicted octanol–water partition coefficient (Wildman–Crippen LogP) is 5.16. The van der Waals surface area contributed by atoms with Crippen molar-refractivity contribution in [1.82, 2.24) is 0 Å². The minimum absolute atomic E-state index is 0.480. The Bertz CT molecular complexity index is 821. The summed E-state index contributed by atoms with van der Waals surface area (Å²) in [4.78, 5) is 0. The molecule has 0 heterocycles. The molecule has 0 atom stereocenters. The first-order valence-corrected chi connectivity index (χ1v) is 9.20. The molecule has 1 N–H and O–H groups in total. The molecule has 0 aliphatic heterocycles. The predicted molar refractivity (Wildman–Crippen MR) is 109 cm³/mol. The molecular formula is C23H25NO3. The van der Waals surface area contributed by atoms with Crippen molar-refractivity contribution < 1.29 is 14.2 Å². The first kappa shape index (κ1) is 18.6. The lowest BCUT2D eigenvalue weighted by molar-refractivity contribution is 0.218. The highest BCUT2D eigenvalue weighted by Gasteiger charge is 2.04. The molecule has 0 bridgehead atoms. The van der Waals surface area contributed by atoms with Crippen molar-refractivity contribution >= 4 is 5.69 Å². The minimum atomic E-state index is 0.480. The van der Waals surface area contributed by atoms with E-state index in [9.17, 15) is 0 Å². The monoisotopic (exact) mass is 363 g/mol. The van der Waals surface area contributed by atoms with Crippen molar-refractivity contribution in [3.05, 3.63) is 84.4 Å². The van der Waals surface area contributed by atoms with Crippen LogP contribution in [0.5, 0.6) is 17.2 Å². The third-order valence-corrected chi connectivity index (χ3v) is 3.93. The van der Waals surface area contributed by atoms with E-state index in [0.29, 0.717) is 26.4 Å². The zero-order valence-electron chi connectivity index (χ0n) is 15.6. The second-order valence-electron chi connectivity index (χ2n) is 5.94. The van der Waals surface area contributed by atoms with Gasteiger partial charge in [-0.25, -0.2) is 0 Å². The van der Waals surface area contributed by atoms with Gasteiger partial charge in [-0.1, -0.05) is 42.5 Å². The van der Waals surface area contributed by atoms with Crippen molar-refractivity contribution in [2.75, 3.05) is 25.1 Å². The van der Waals surface area contributed by atoms with Crippen molar-refractivity contribution in [2.45, 2.75) is 13.5 Å². The maximum Gasteiger partial charge on any atom is 0.142 e. The van der Waals surface area contributed by atoms with Gasteiger partial charge >= 0.3 is 0 Å². The Labute approximate surface area is 160 Å². The van der Waals surface area contributed by atoms with Crippen molar-refractivity contribution in [3.63, 3.8) is 0 Å². The van der Waals surface area contributed by atoms with Crippen LogP contribution in [0.15, 0.2) is 78.9 Å². The summed E-state index contributed by atoms with van der Waals surface area (Å²) in [6, 6.07) is 25.8. The lowest BCUT2D eigenvalue weighted by Crippen LogP contribution is -2.10. The zero-order valence-corrected chi connectivity index (χ0v) is 15.6.